The van der Waals surface area contributed by atoms with Gasteiger partial charge in [0.15, 0.2) is 0 Å². The lowest BCUT2D eigenvalue weighted by Crippen LogP contribution is -2.24. The highest BCUT2D eigenvalue weighted by molar-refractivity contribution is 5.39. The van der Waals surface area contributed by atoms with Gasteiger partial charge in [-0.2, -0.15) is 0 Å². The third kappa shape index (κ3) is 3.51. The molecule has 0 heterocycles. The predicted octanol–water partition coefficient (Wildman–Crippen LogP) is 4.84. The first-order valence-corrected chi connectivity index (χ1v) is 7.60. The maximum absolute atomic E-state index is 14.5. The van der Waals surface area contributed by atoms with E-state index >= 15 is 0 Å². The number of hydrogen-bond acceptors (Lipinski definition) is 1. The minimum absolute atomic E-state index is 0.0934. The average Bonchev–Trinajstić information content (AvgIpc) is 2.47. The summed E-state index contributed by atoms with van der Waals surface area (Å²) in [5, 5.41) is 3.48. The molecule has 0 amide bonds. The maximum Gasteiger partial charge on any atom is 0.131 e. The number of benzene rings is 2. The molecule has 2 aromatic carbocycles. The Labute approximate surface area is 127 Å². The molecule has 0 saturated heterocycles. The molecule has 1 N–H and O–H groups in total. The minimum Gasteiger partial charge on any atom is -0.306 e. The van der Waals surface area contributed by atoms with E-state index < -0.39 is 0 Å². The molecule has 2 rings (SSSR count). The molecule has 0 spiro atoms. The van der Waals surface area contributed by atoms with Crippen LogP contribution in [0.4, 0.5) is 4.39 Å². The smallest absolute Gasteiger partial charge is 0.131 e. The van der Waals surface area contributed by atoms with Crippen LogP contribution in [0, 0.1) is 26.6 Å². The van der Waals surface area contributed by atoms with Crippen LogP contribution >= 0.6 is 0 Å². The van der Waals surface area contributed by atoms with Crippen LogP contribution in [0.25, 0.3) is 0 Å². The van der Waals surface area contributed by atoms with E-state index in [0.29, 0.717) is 5.56 Å². The first-order valence-electron chi connectivity index (χ1n) is 7.60. The molecular weight excluding hydrogens is 261 g/mol. The summed E-state index contributed by atoms with van der Waals surface area (Å²) in [4.78, 5) is 0. The van der Waals surface area contributed by atoms with Gasteiger partial charge < -0.3 is 5.32 Å². The summed E-state index contributed by atoms with van der Waals surface area (Å²) in [5.74, 6) is -0.107. The van der Waals surface area contributed by atoms with Crippen LogP contribution in [0.15, 0.2) is 36.4 Å². The number of aryl methyl sites for hydroxylation is 3. The van der Waals surface area contributed by atoms with Gasteiger partial charge in [0, 0.05) is 5.56 Å². The van der Waals surface area contributed by atoms with Gasteiger partial charge in [0.2, 0.25) is 0 Å². The molecule has 21 heavy (non-hydrogen) atoms. The van der Waals surface area contributed by atoms with E-state index in [4.69, 9.17) is 0 Å². The third-order valence-corrected chi connectivity index (χ3v) is 4.00. The molecule has 0 bridgehead atoms. The first-order chi connectivity index (χ1) is 10.0. The van der Waals surface area contributed by atoms with E-state index in [2.05, 4.69) is 44.3 Å². The minimum atomic E-state index is -0.107. The lowest BCUT2D eigenvalue weighted by molar-refractivity contribution is 0.542. The monoisotopic (exact) mass is 285 g/mol. The fourth-order valence-corrected chi connectivity index (χ4v) is 2.53. The molecule has 112 valence electrons. The molecular formula is C19H24FN. The van der Waals surface area contributed by atoms with Crippen LogP contribution in [0.2, 0.25) is 0 Å². The number of rotatable bonds is 5. The van der Waals surface area contributed by atoms with Crippen molar-refractivity contribution in [2.24, 2.45) is 0 Å². The van der Waals surface area contributed by atoms with Crippen LogP contribution in [-0.4, -0.2) is 6.54 Å². The van der Waals surface area contributed by atoms with Gasteiger partial charge >= 0.3 is 0 Å². The highest BCUT2D eigenvalue weighted by atomic mass is 19.1. The predicted molar refractivity (Wildman–Crippen MR) is 87.2 cm³/mol. The molecule has 2 aromatic rings. The van der Waals surface area contributed by atoms with Crippen molar-refractivity contribution in [3.05, 3.63) is 70.0 Å². The van der Waals surface area contributed by atoms with Gasteiger partial charge in [-0.3, -0.25) is 0 Å². The zero-order valence-corrected chi connectivity index (χ0v) is 13.3. The zero-order valence-electron chi connectivity index (χ0n) is 13.3. The maximum atomic E-state index is 14.5. The van der Waals surface area contributed by atoms with Crippen molar-refractivity contribution in [1.82, 2.24) is 5.32 Å². The summed E-state index contributed by atoms with van der Waals surface area (Å²) in [6.45, 7) is 9.00. The molecule has 0 radical (unpaired) electrons. The summed E-state index contributed by atoms with van der Waals surface area (Å²) in [5.41, 5.74) is 5.05. The normalized spacial score (nSPS) is 12.4. The Bertz CT molecular complexity index is 619. The molecule has 0 aliphatic heterocycles. The Hall–Kier alpha value is -1.67. The molecule has 0 aliphatic carbocycles. The van der Waals surface area contributed by atoms with Gasteiger partial charge in [-0.1, -0.05) is 43.3 Å². The van der Waals surface area contributed by atoms with Crippen molar-refractivity contribution in [3.63, 3.8) is 0 Å². The number of hydrogen-bond donors (Lipinski definition) is 1. The lowest BCUT2D eigenvalue weighted by Gasteiger charge is -2.21. The lowest BCUT2D eigenvalue weighted by atomic mass is 9.94. The zero-order chi connectivity index (χ0) is 15.4. The Morgan fingerprint density at radius 1 is 1.00 bits per heavy atom. The fraction of sp³-hybridized carbons (Fsp3) is 0.368. The van der Waals surface area contributed by atoms with Crippen molar-refractivity contribution < 1.29 is 4.39 Å². The van der Waals surface area contributed by atoms with E-state index in [1.54, 1.807) is 0 Å². The second-order valence-corrected chi connectivity index (χ2v) is 5.71. The van der Waals surface area contributed by atoms with E-state index in [1.165, 1.54) is 11.1 Å². The van der Waals surface area contributed by atoms with Crippen molar-refractivity contribution >= 4 is 0 Å². The highest BCUT2D eigenvalue weighted by Gasteiger charge is 2.18. The topological polar surface area (TPSA) is 12.0 Å². The molecule has 0 aromatic heterocycles. The summed E-state index contributed by atoms with van der Waals surface area (Å²) >= 11 is 0. The van der Waals surface area contributed by atoms with Gasteiger partial charge in [0.05, 0.1) is 6.04 Å². The van der Waals surface area contributed by atoms with Crippen LogP contribution in [0.3, 0.4) is 0 Å². The largest absolute Gasteiger partial charge is 0.306 e. The van der Waals surface area contributed by atoms with Gasteiger partial charge in [0.1, 0.15) is 5.82 Å². The first kappa shape index (κ1) is 15.7. The Kier molecular flexibility index (Phi) is 5.13. The van der Waals surface area contributed by atoms with E-state index in [-0.39, 0.29) is 11.9 Å². The second kappa shape index (κ2) is 6.86. The van der Waals surface area contributed by atoms with E-state index in [9.17, 15) is 4.39 Å². The summed E-state index contributed by atoms with van der Waals surface area (Å²) in [6, 6.07) is 11.9. The SMILES string of the molecule is CCCNC(c1ccc(C)c(C)c1)c1cccc(C)c1F. The van der Waals surface area contributed by atoms with Crippen molar-refractivity contribution in [2.45, 2.75) is 40.2 Å². The van der Waals surface area contributed by atoms with Crippen LogP contribution in [0.1, 0.15) is 47.2 Å². The van der Waals surface area contributed by atoms with Crippen molar-refractivity contribution in [1.29, 1.82) is 0 Å². The van der Waals surface area contributed by atoms with Gasteiger partial charge in [-0.15, -0.1) is 0 Å². The molecule has 0 fully saturated rings. The van der Waals surface area contributed by atoms with Crippen molar-refractivity contribution in [2.75, 3.05) is 6.54 Å². The molecule has 1 unspecified atom stereocenters. The Morgan fingerprint density at radius 3 is 2.43 bits per heavy atom. The Morgan fingerprint density at radius 2 is 1.76 bits per heavy atom. The van der Waals surface area contributed by atoms with Crippen LogP contribution in [0.5, 0.6) is 0 Å². The van der Waals surface area contributed by atoms with E-state index in [0.717, 1.165) is 24.1 Å². The molecule has 0 saturated carbocycles. The Balaban J connectivity index is 2.47. The van der Waals surface area contributed by atoms with Crippen molar-refractivity contribution in [3.8, 4) is 0 Å². The average molecular weight is 285 g/mol. The van der Waals surface area contributed by atoms with E-state index in [1.807, 2.05) is 25.1 Å². The van der Waals surface area contributed by atoms with Crippen LogP contribution in [-0.2, 0) is 0 Å². The third-order valence-electron chi connectivity index (χ3n) is 4.00. The fourth-order valence-electron chi connectivity index (χ4n) is 2.53. The van der Waals surface area contributed by atoms with Gasteiger partial charge in [-0.25, -0.2) is 4.39 Å². The number of nitrogens with one attached hydrogen (secondary N) is 1. The molecule has 1 nitrogen and oxygen atoms in total. The summed E-state index contributed by atoms with van der Waals surface area (Å²) in [6.07, 6.45) is 1.02. The quantitative estimate of drug-likeness (QED) is 0.829. The summed E-state index contributed by atoms with van der Waals surface area (Å²) < 4.78 is 14.5. The van der Waals surface area contributed by atoms with Crippen LogP contribution < -0.4 is 5.32 Å². The van der Waals surface area contributed by atoms with Gasteiger partial charge in [-0.05, 0) is 56.0 Å². The standard InChI is InChI=1S/C19H24FN/c1-5-11-21-19(16-10-9-13(2)15(4)12-16)17-8-6-7-14(3)18(17)20/h6-10,12,19,21H,5,11H2,1-4H3. The highest BCUT2D eigenvalue weighted by Crippen LogP contribution is 2.27. The molecule has 2 heteroatoms. The molecule has 1 atom stereocenters. The second-order valence-electron chi connectivity index (χ2n) is 5.71. The van der Waals surface area contributed by atoms with Gasteiger partial charge in [0.25, 0.3) is 0 Å². The summed E-state index contributed by atoms with van der Waals surface area (Å²) in [7, 11) is 0. The molecule has 0 aliphatic rings. The number of halogens is 1.